The molecule has 0 aliphatic heterocycles. The number of rotatable bonds is 9. The fourth-order valence-corrected chi connectivity index (χ4v) is 2.95. The summed E-state index contributed by atoms with van der Waals surface area (Å²) < 4.78 is 0. The van der Waals surface area contributed by atoms with Crippen LogP contribution in [0.1, 0.15) is 72.1 Å². The van der Waals surface area contributed by atoms with Crippen LogP contribution < -0.4 is 16.0 Å². The van der Waals surface area contributed by atoms with Crippen LogP contribution in [0.2, 0.25) is 0 Å². The molecule has 1 saturated carbocycles. The molecule has 0 aromatic heterocycles. The van der Waals surface area contributed by atoms with Crippen molar-refractivity contribution in [3.8, 4) is 0 Å². The minimum absolute atomic E-state index is 0. The van der Waals surface area contributed by atoms with Gasteiger partial charge in [-0.3, -0.25) is 9.79 Å². The number of nitrogens with zero attached hydrogens (tertiary/aromatic N) is 1. The van der Waals surface area contributed by atoms with E-state index in [9.17, 15) is 4.79 Å². The number of halogens is 1. The molecule has 6 heteroatoms. The van der Waals surface area contributed by atoms with Gasteiger partial charge < -0.3 is 16.0 Å². The smallest absolute Gasteiger partial charge is 0.221 e. The van der Waals surface area contributed by atoms with Gasteiger partial charge in [0.25, 0.3) is 0 Å². The van der Waals surface area contributed by atoms with E-state index in [-0.39, 0.29) is 29.9 Å². The monoisotopic (exact) mass is 452 g/mol. The average molecular weight is 452 g/mol. The molecule has 0 atom stereocenters. The number of hydrogen-bond acceptors (Lipinski definition) is 2. The maximum absolute atomic E-state index is 12.0. The lowest BCUT2D eigenvalue weighted by molar-refractivity contribution is -0.121. The summed E-state index contributed by atoms with van der Waals surface area (Å²) in [6, 6.07) is 0.396. The molecule has 0 saturated heterocycles. The van der Waals surface area contributed by atoms with Crippen molar-refractivity contribution < 1.29 is 4.79 Å². The van der Waals surface area contributed by atoms with Gasteiger partial charge in [-0.05, 0) is 25.7 Å². The Morgan fingerprint density at radius 3 is 2.33 bits per heavy atom. The third kappa shape index (κ3) is 10.4. The quantitative estimate of drug-likeness (QED) is 0.285. The molecule has 1 amide bonds. The predicted molar refractivity (Wildman–Crippen MR) is 113 cm³/mol. The minimum Gasteiger partial charge on any atom is -0.357 e. The standard InChI is InChI=1S/C18H36N4O.HI/c1-4-15(5-2)14-21-18(19-6-3)20-13-12-17(23)22-16-10-8-7-9-11-16;/h15-16H,4-14H2,1-3H3,(H,22,23)(H2,19,20,21);1H. The second kappa shape index (κ2) is 14.8. The normalized spacial score (nSPS) is 15.8. The molecular weight excluding hydrogens is 415 g/mol. The first kappa shape index (κ1) is 23.5. The summed E-state index contributed by atoms with van der Waals surface area (Å²) >= 11 is 0. The molecule has 1 aliphatic carbocycles. The lowest BCUT2D eigenvalue weighted by atomic mass is 9.95. The van der Waals surface area contributed by atoms with Crippen molar-refractivity contribution in [3.63, 3.8) is 0 Å². The second-order valence-electron chi connectivity index (χ2n) is 6.48. The zero-order valence-electron chi connectivity index (χ0n) is 15.7. The van der Waals surface area contributed by atoms with Gasteiger partial charge in [-0.1, -0.05) is 46.0 Å². The summed E-state index contributed by atoms with van der Waals surface area (Å²) in [5.41, 5.74) is 0. The Kier molecular flexibility index (Phi) is 14.5. The molecule has 24 heavy (non-hydrogen) atoms. The van der Waals surface area contributed by atoms with Crippen molar-refractivity contribution in [2.24, 2.45) is 10.9 Å². The van der Waals surface area contributed by atoms with Crippen LogP contribution in [0, 0.1) is 5.92 Å². The Labute approximate surface area is 165 Å². The lowest BCUT2D eigenvalue weighted by Gasteiger charge is -2.22. The molecule has 0 radical (unpaired) electrons. The predicted octanol–water partition coefficient (Wildman–Crippen LogP) is 3.43. The van der Waals surface area contributed by atoms with Crippen LogP contribution in [0.5, 0.6) is 0 Å². The van der Waals surface area contributed by atoms with Gasteiger partial charge in [0.2, 0.25) is 5.91 Å². The molecular formula is C18H37IN4O. The summed E-state index contributed by atoms with van der Waals surface area (Å²) in [5.74, 6) is 1.62. The zero-order chi connectivity index (χ0) is 16.9. The Hall–Kier alpha value is -0.530. The van der Waals surface area contributed by atoms with Gasteiger partial charge in [0.1, 0.15) is 0 Å². The SMILES string of the molecule is CCNC(=NCC(CC)CC)NCCC(=O)NC1CCCCC1.I. The van der Waals surface area contributed by atoms with E-state index in [1.165, 1.54) is 19.3 Å². The topological polar surface area (TPSA) is 65.5 Å². The molecule has 0 spiro atoms. The van der Waals surface area contributed by atoms with E-state index < -0.39 is 0 Å². The van der Waals surface area contributed by atoms with E-state index in [1.807, 2.05) is 0 Å². The third-order valence-electron chi connectivity index (χ3n) is 4.62. The van der Waals surface area contributed by atoms with Gasteiger partial charge in [0.15, 0.2) is 5.96 Å². The number of amides is 1. The van der Waals surface area contributed by atoms with Gasteiger partial charge in [-0.2, -0.15) is 0 Å². The number of carbonyl (C=O) groups excluding carboxylic acids is 1. The van der Waals surface area contributed by atoms with Crippen molar-refractivity contribution in [1.29, 1.82) is 0 Å². The number of nitrogens with one attached hydrogen (secondary N) is 3. The highest BCUT2D eigenvalue weighted by Crippen LogP contribution is 2.17. The maximum atomic E-state index is 12.0. The summed E-state index contributed by atoms with van der Waals surface area (Å²) in [6.45, 7) is 8.79. The van der Waals surface area contributed by atoms with Crippen LogP contribution in [0.15, 0.2) is 4.99 Å². The number of carbonyl (C=O) groups is 1. The Bertz CT molecular complexity index is 353. The van der Waals surface area contributed by atoms with Gasteiger partial charge in [0.05, 0.1) is 0 Å². The molecule has 0 heterocycles. The Morgan fingerprint density at radius 1 is 1.08 bits per heavy atom. The summed E-state index contributed by atoms with van der Waals surface area (Å²) in [6.07, 6.45) is 8.90. The summed E-state index contributed by atoms with van der Waals surface area (Å²) in [5, 5.41) is 9.67. The second-order valence-corrected chi connectivity index (χ2v) is 6.48. The zero-order valence-corrected chi connectivity index (χ0v) is 18.0. The molecule has 1 fully saturated rings. The first-order valence-corrected chi connectivity index (χ1v) is 9.51. The molecule has 0 aromatic rings. The van der Waals surface area contributed by atoms with Gasteiger partial charge in [-0.25, -0.2) is 0 Å². The van der Waals surface area contributed by atoms with Crippen molar-refractivity contribution in [2.75, 3.05) is 19.6 Å². The highest BCUT2D eigenvalue weighted by Gasteiger charge is 2.15. The van der Waals surface area contributed by atoms with Gasteiger partial charge in [0, 0.05) is 32.1 Å². The molecule has 1 rings (SSSR count). The van der Waals surface area contributed by atoms with Crippen LogP contribution in [-0.4, -0.2) is 37.5 Å². The fraction of sp³-hybridized carbons (Fsp3) is 0.889. The Morgan fingerprint density at radius 2 is 1.75 bits per heavy atom. The fourth-order valence-electron chi connectivity index (χ4n) is 2.95. The van der Waals surface area contributed by atoms with Crippen LogP contribution in [0.25, 0.3) is 0 Å². The molecule has 1 aliphatic rings. The van der Waals surface area contributed by atoms with E-state index >= 15 is 0 Å². The van der Waals surface area contributed by atoms with E-state index in [2.05, 4.69) is 41.7 Å². The van der Waals surface area contributed by atoms with E-state index in [0.717, 1.165) is 44.7 Å². The van der Waals surface area contributed by atoms with E-state index in [4.69, 9.17) is 0 Å². The van der Waals surface area contributed by atoms with Crippen LogP contribution in [0.3, 0.4) is 0 Å². The molecule has 142 valence electrons. The highest BCUT2D eigenvalue weighted by molar-refractivity contribution is 14.0. The van der Waals surface area contributed by atoms with Crippen molar-refractivity contribution >= 4 is 35.8 Å². The third-order valence-corrected chi connectivity index (χ3v) is 4.62. The van der Waals surface area contributed by atoms with Crippen molar-refractivity contribution in [1.82, 2.24) is 16.0 Å². The molecule has 5 nitrogen and oxygen atoms in total. The summed E-state index contributed by atoms with van der Waals surface area (Å²) in [7, 11) is 0. The molecule has 0 unspecified atom stereocenters. The van der Waals surface area contributed by atoms with Gasteiger partial charge >= 0.3 is 0 Å². The molecule has 0 bridgehead atoms. The Balaban J connectivity index is 0.00000529. The highest BCUT2D eigenvalue weighted by atomic mass is 127. The average Bonchev–Trinajstić information content (AvgIpc) is 2.56. The number of hydrogen-bond donors (Lipinski definition) is 3. The minimum atomic E-state index is 0. The number of aliphatic imine (C=N–C) groups is 1. The van der Waals surface area contributed by atoms with Gasteiger partial charge in [-0.15, -0.1) is 24.0 Å². The van der Waals surface area contributed by atoms with Crippen LogP contribution in [-0.2, 0) is 4.79 Å². The van der Waals surface area contributed by atoms with Crippen LogP contribution in [0.4, 0.5) is 0 Å². The van der Waals surface area contributed by atoms with E-state index in [1.54, 1.807) is 0 Å². The first-order valence-electron chi connectivity index (χ1n) is 9.51. The first-order chi connectivity index (χ1) is 11.2. The largest absolute Gasteiger partial charge is 0.357 e. The van der Waals surface area contributed by atoms with Crippen molar-refractivity contribution in [3.05, 3.63) is 0 Å². The molecule has 0 aromatic carbocycles. The maximum Gasteiger partial charge on any atom is 0.221 e. The van der Waals surface area contributed by atoms with Crippen molar-refractivity contribution in [2.45, 2.75) is 78.2 Å². The van der Waals surface area contributed by atoms with Crippen LogP contribution >= 0.6 is 24.0 Å². The molecule has 3 N–H and O–H groups in total. The number of guanidine groups is 1. The summed E-state index contributed by atoms with van der Waals surface area (Å²) in [4.78, 5) is 16.6. The lowest BCUT2D eigenvalue weighted by Crippen LogP contribution is -2.41. The van der Waals surface area contributed by atoms with E-state index in [0.29, 0.717) is 24.9 Å².